The summed E-state index contributed by atoms with van der Waals surface area (Å²) in [6, 6.07) is 11.9. The first-order valence-corrected chi connectivity index (χ1v) is 13.8. The highest BCUT2D eigenvalue weighted by molar-refractivity contribution is 8.00. The lowest BCUT2D eigenvalue weighted by Crippen LogP contribution is -2.38. The average molecular weight is 669 g/mol. The molecule has 2 heterocycles. The number of likely N-dealkylation sites (tertiary alicyclic amines) is 2. The summed E-state index contributed by atoms with van der Waals surface area (Å²) >= 11 is 5.67. The van der Waals surface area contributed by atoms with Crippen molar-refractivity contribution < 1.29 is 30.7 Å². The number of nitrogens with two attached hydrogens (primary N) is 4. The van der Waals surface area contributed by atoms with Crippen LogP contribution >= 0.6 is 23.4 Å². The van der Waals surface area contributed by atoms with Crippen LogP contribution in [0.4, 0.5) is 42.1 Å². The Bertz CT molecular complexity index is 1410. The molecule has 0 spiro atoms. The number of thioether (sulfide) groups is 1. The Morgan fingerprint density at radius 3 is 1.66 bits per heavy atom. The molecule has 240 valence electrons. The Morgan fingerprint density at radius 2 is 1.23 bits per heavy atom. The van der Waals surface area contributed by atoms with Gasteiger partial charge in [-0.05, 0) is 48.2 Å². The Labute approximate surface area is 256 Å². The molecule has 2 aromatic rings. The zero-order valence-corrected chi connectivity index (χ0v) is 24.4. The number of halogens is 8. The quantitative estimate of drug-likeness (QED) is 0.158. The molecule has 0 bridgehead atoms. The molecule has 4 rings (SSSR count). The largest absolute Gasteiger partial charge is 0.446 e. The normalized spacial score (nSPS) is 19.2. The van der Waals surface area contributed by atoms with E-state index >= 15 is 0 Å². The SMILES string of the molecule is NC(=Nc1ccc(SC(F)(F)F)cc1)N=C(N)N1CCC(F)(F)C1.NC(=Nc1ccccc1Cl)N=C(N)N1CCC(F)(F)C1. The molecule has 10 nitrogen and oxygen atoms in total. The third-order valence-corrected chi connectivity index (χ3v) is 6.91. The van der Waals surface area contributed by atoms with Gasteiger partial charge < -0.3 is 32.7 Å². The van der Waals surface area contributed by atoms with E-state index in [1.165, 1.54) is 34.1 Å². The highest BCUT2D eigenvalue weighted by atomic mass is 35.5. The summed E-state index contributed by atoms with van der Waals surface area (Å²) in [6.07, 6.45) is -0.566. The molecule has 0 aliphatic carbocycles. The van der Waals surface area contributed by atoms with Crippen LogP contribution in [0.3, 0.4) is 0 Å². The van der Waals surface area contributed by atoms with Gasteiger partial charge in [0.2, 0.25) is 11.9 Å². The Hall–Kier alpha value is -3.93. The molecule has 19 heteroatoms. The molecule has 0 aromatic heterocycles. The molecular formula is C25H28ClF7N10S. The van der Waals surface area contributed by atoms with Crippen LogP contribution in [-0.2, 0) is 0 Å². The van der Waals surface area contributed by atoms with Gasteiger partial charge in [-0.1, -0.05) is 23.7 Å². The van der Waals surface area contributed by atoms with Crippen LogP contribution in [0, 0.1) is 0 Å². The van der Waals surface area contributed by atoms with E-state index in [1.807, 2.05) is 0 Å². The second kappa shape index (κ2) is 14.2. The number of hydrogen-bond acceptors (Lipinski definition) is 3. The van der Waals surface area contributed by atoms with E-state index in [2.05, 4.69) is 20.0 Å². The van der Waals surface area contributed by atoms with Crippen molar-refractivity contribution in [3.05, 3.63) is 53.6 Å². The zero-order chi connectivity index (χ0) is 32.7. The number of rotatable bonds is 3. The molecule has 2 fully saturated rings. The first kappa shape index (κ1) is 34.6. The fourth-order valence-electron chi connectivity index (χ4n) is 3.81. The maximum atomic E-state index is 13.1. The third-order valence-electron chi connectivity index (χ3n) is 5.85. The fraction of sp³-hybridized carbons (Fsp3) is 0.360. The van der Waals surface area contributed by atoms with Crippen LogP contribution in [0.15, 0.2) is 73.4 Å². The van der Waals surface area contributed by atoms with Crippen LogP contribution in [0.5, 0.6) is 0 Å². The lowest BCUT2D eigenvalue weighted by molar-refractivity contribution is -0.0328. The van der Waals surface area contributed by atoms with Crippen LogP contribution < -0.4 is 22.9 Å². The minimum atomic E-state index is -4.37. The predicted molar refractivity (Wildman–Crippen MR) is 158 cm³/mol. The van der Waals surface area contributed by atoms with E-state index in [-0.39, 0.29) is 72.1 Å². The van der Waals surface area contributed by atoms with Crippen molar-refractivity contribution in [3.63, 3.8) is 0 Å². The van der Waals surface area contributed by atoms with E-state index in [1.54, 1.807) is 24.3 Å². The van der Waals surface area contributed by atoms with Gasteiger partial charge in [0.05, 0.1) is 29.5 Å². The molecule has 8 N–H and O–H groups in total. The van der Waals surface area contributed by atoms with E-state index in [9.17, 15) is 30.7 Å². The number of para-hydroxylation sites is 1. The van der Waals surface area contributed by atoms with Gasteiger partial charge in [-0.25, -0.2) is 27.5 Å². The highest BCUT2D eigenvalue weighted by Gasteiger charge is 2.40. The number of hydrogen-bond donors (Lipinski definition) is 4. The average Bonchev–Trinajstić information content (AvgIpc) is 3.47. The van der Waals surface area contributed by atoms with E-state index < -0.39 is 30.4 Å². The topological polar surface area (TPSA) is 160 Å². The minimum absolute atomic E-state index is 0.00216. The maximum absolute atomic E-state index is 13.1. The summed E-state index contributed by atoms with van der Waals surface area (Å²) < 4.78 is 89.0. The van der Waals surface area contributed by atoms with Crippen LogP contribution in [0.2, 0.25) is 5.02 Å². The summed E-state index contributed by atoms with van der Waals surface area (Å²) in [7, 11) is 0. The third kappa shape index (κ3) is 11.3. The van der Waals surface area contributed by atoms with Gasteiger partial charge >= 0.3 is 5.51 Å². The standard InChI is InChI=1S/C13H14F5N5S.C12H14ClF2N5/c14-12(15)5-6-23(7-12)11(20)22-10(19)21-8-1-3-9(4-2-8)24-13(16,17)18;13-8-3-1-2-4-9(8)18-10(16)19-11(17)20-6-5-12(14,15)7-20/h1-4H,5-7H2,(H4,19,20,21,22);1-4H,5-7H2,(H4,16,17,18,19). The Kier molecular flexibility index (Phi) is 11.2. The lowest BCUT2D eigenvalue weighted by atomic mass is 10.3. The van der Waals surface area contributed by atoms with E-state index in [4.69, 9.17) is 34.5 Å². The van der Waals surface area contributed by atoms with Gasteiger partial charge in [0.25, 0.3) is 11.8 Å². The molecule has 44 heavy (non-hydrogen) atoms. The summed E-state index contributed by atoms with van der Waals surface area (Å²) in [4.78, 5) is 17.9. The number of guanidine groups is 4. The summed E-state index contributed by atoms with van der Waals surface area (Å²) in [6.45, 7) is -0.804. The maximum Gasteiger partial charge on any atom is 0.446 e. The van der Waals surface area contributed by atoms with Gasteiger partial charge in [-0.3, -0.25) is 0 Å². The molecular weight excluding hydrogens is 641 g/mol. The van der Waals surface area contributed by atoms with Crippen molar-refractivity contribution in [1.29, 1.82) is 0 Å². The number of alkyl halides is 7. The van der Waals surface area contributed by atoms with Crippen molar-refractivity contribution in [2.24, 2.45) is 42.9 Å². The van der Waals surface area contributed by atoms with Gasteiger partial charge in [-0.15, -0.1) is 0 Å². The van der Waals surface area contributed by atoms with Crippen LogP contribution in [0.1, 0.15) is 12.8 Å². The number of benzene rings is 2. The summed E-state index contributed by atoms with van der Waals surface area (Å²) in [5.41, 5.74) is 18.8. The second-order valence-corrected chi connectivity index (χ2v) is 11.0. The van der Waals surface area contributed by atoms with Gasteiger partial charge in [0.1, 0.15) is 0 Å². The first-order chi connectivity index (χ1) is 20.4. The van der Waals surface area contributed by atoms with Crippen molar-refractivity contribution in [2.45, 2.75) is 35.1 Å². The molecule has 2 aliphatic rings. The number of aliphatic imine (C=N–C) groups is 4. The monoisotopic (exact) mass is 668 g/mol. The molecule has 0 saturated carbocycles. The van der Waals surface area contributed by atoms with Crippen molar-refractivity contribution in [2.75, 3.05) is 26.2 Å². The predicted octanol–water partition coefficient (Wildman–Crippen LogP) is 4.84. The van der Waals surface area contributed by atoms with Crippen molar-refractivity contribution >= 4 is 58.6 Å². The fourth-order valence-corrected chi connectivity index (χ4v) is 4.53. The van der Waals surface area contributed by atoms with E-state index in [0.29, 0.717) is 10.7 Å². The van der Waals surface area contributed by atoms with Gasteiger partial charge in [0.15, 0.2) is 11.9 Å². The van der Waals surface area contributed by atoms with Gasteiger partial charge in [-0.2, -0.15) is 23.2 Å². The van der Waals surface area contributed by atoms with Crippen LogP contribution in [-0.4, -0.2) is 77.2 Å². The van der Waals surface area contributed by atoms with Crippen molar-refractivity contribution in [1.82, 2.24) is 9.80 Å². The molecule has 2 aromatic carbocycles. The summed E-state index contributed by atoms with van der Waals surface area (Å²) in [5.74, 6) is -6.23. The molecule has 2 saturated heterocycles. The molecule has 0 unspecified atom stereocenters. The zero-order valence-electron chi connectivity index (χ0n) is 22.8. The molecule has 0 amide bonds. The molecule has 2 aliphatic heterocycles. The second-order valence-electron chi connectivity index (χ2n) is 9.43. The van der Waals surface area contributed by atoms with Crippen LogP contribution in [0.25, 0.3) is 0 Å². The van der Waals surface area contributed by atoms with Gasteiger partial charge in [0, 0.05) is 30.8 Å². The molecule has 0 atom stereocenters. The Morgan fingerprint density at radius 1 is 0.750 bits per heavy atom. The first-order valence-electron chi connectivity index (χ1n) is 12.6. The Balaban J connectivity index is 0.000000244. The van der Waals surface area contributed by atoms with Crippen molar-refractivity contribution in [3.8, 4) is 0 Å². The molecule has 0 radical (unpaired) electrons. The number of nitrogens with zero attached hydrogens (tertiary/aromatic N) is 6. The summed E-state index contributed by atoms with van der Waals surface area (Å²) in [5, 5.41) is 0.414. The minimum Gasteiger partial charge on any atom is -0.369 e. The smallest absolute Gasteiger partial charge is 0.369 e. The highest BCUT2D eigenvalue weighted by Crippen LogP contribution is 2.37. The lowest BCUT2D eigenvalue weighted by Gasteiger charge is -2.16. The van der Waals surface area contributed by atoms with E-state index in [0.717, 1.165) is 0 Å².